The van der Waals surface area contributed by atoms with Crippen LogP contribution in [0.3, 0.4) is 0 Å². The molecule has 0 bridgehead atoms. The van der Waals surface area contributed by atoms with Crippen LogP contribution in [0, 0.1) is 11.3 Å². The van der Waals surface area contributed by atoms with Crippen molar-refractivity contribution in [3.05, 3.63) is 35.9 Å². The van der Waals surface area contributed by atoms with Crippen molar-refractivity contribution in [1.82, 2.24) is 4.90 Å². The molecule has 0 aliphatic heterocycles. The third kappa shape index (κ3) is 4.14. The molecule has 3 nitrogen and oxygen atoms in total. The van der Waals surface area contributed by atoms with Gasteiger partial charge in [-0.3, -0.25) is 4.90 Å². The fraction of sp³-hybridized carbons (Fsp3) is 0.533. The fourth-order valence-electron chi connectivity index (χ4n) is 2.22. The van der Waals surface area contributed by atoms with Gasteiger partial charge in [-0.2, -0.15) is 5.26 Å². The van der Waals surface area contributed by atoms with Gasteiger partial charge in [-0.15, -0.1) is 0 Å². The van der Waals surface area contributed by atoms with Crippen molar-refractivity contribution in [2.24, 2.45) is 0 Å². The van der Waals surface area contributed by atoms with Crippen LogP contribution in [0.2, 0.25) is 0 Å². The average molecular weight is 246 g/mol. The normalized spacial score (nSPS) is 12.7. The molecule has 1 rings (SSSR count). The quantitative estimate of drug-likeness (QED) is 0.804. The van der Waals surface area contributed by atoms with Crippen molar-refractivity contribution in [3.63, 3.8) is 0 Å². The fourth-order valence-corrected chi connectivity index (χ4v) is 2.22. The highest BCUT2D eigenvalue weighted by Gasteiger charge is 2.22. The van der Waals surface area contributed by atoms with Gasteiger partial charge in [-0.05, 0) is 25.8 Å². The van der Waals surface area contributed by atoms with Crippen LogP contribution in [0.5, 0.6) is 0 Å². The summed E-state index contributed by atoms with van der Waals surface area (Å²) in [6, 6.07) is 12.9. The Morgan fingerprint density at radius 3 is 2.44 bits per heavy atom. The molecule has 0 saturated heterocycles. The summed E-state index contributed by atoms with van der Waals surface area (Å²) < 4.78 is 0. The molecular formula is C15H22N2O. The SMILES string of the molecule is CC(C)N(CCCO)C(CC#N)c1ccccc1. The van der Waals surface area contributed by atoms with Crippen LogP contribution in [0.1, 0.15) is 38.3 Å². The number of aliphatic hydroxyl groups excluding tert-OH is 1. The molecule has 98 valence electrons. The van der Waals surface area contributed by atoms with E-state index in [1.165, 1.54) is 5.56 Å². The summed E-state index contributed by atoms with van der Waals surface area (Å²) in [5, 5.41) is 18.0. The van der Waals surface area contributed by atoms with Gasteiger partial charge in [0.2, 0.25) is 0 Å². The number of rotatable bonds is 7. The van der Waals surface area contributed by atoms with Gasteiger partial charge in [0.05, 0.1) is 12.5 Å². The summed E-state index contributed by atoms with van der Waals surface area (Å²) in [4.78, 5) is 2.29. The minimum atomic E-state index is 0.114. The first-order chi connectivity index (χ1) is 8.70. The molecule has 18 heavy (non-hydrogen) atoms. The van der Waals surface area contributed by atoms with Crippen molar-refractivity contribution < 1.29 is 5.11 Å². The molecule has 0 aliphatic rings. The maximum Gasteiger partial charge on any atom is 0.0641 e. The highest BCUT2D eigenvalue weighted by Crippen LogP contribution is 2.26. The lowest BCUT2D eigenvalue weighted by atomic mass is 10.0. The van der Waals surface area contributed by atoms with Gasteiger partial charge >= 0.3 is 0 Å². The zero-order valence-corrected chi connectivity index (χ0v) is 11.2. The second kappa shape index (κ2) is 7.86. The summed E-state index contributed by atoms with van der Waals surface area (Å²) in [5.74, 6) is 0. The summed E-state index contributed by atoms with van der Waals surface area (Å²) in [5.41, 5.74) is 1.17. The van der Waals surface area contributed by atoms with E-state index in [0.717, 1.165) is 13.0 Å². The Bertz CT molecular complexity index is 370. The molecule has 1 aromatic rings. The van der Waals surface area contributed by atoms with Gasteiger partial charge in [-0.25, -0.2) is 0 Å². The van der Waals surface area contributed by atoms with E-state index in [-0.39, 0.29) is 12.6 Å². The van der Waals surface area contributed by atoms with E-state index < -0.39 is 0 Å². The molecule has 1 N–H and O–H groups in total. The average Bonchev–Trinajstić information content (AvgIpc) is 2.38. The van der Waals surface area contributed by atoms with Crippen LogP contribution in [-0.2, 0) is 0 Å². The molecule has 3 heteroatoms. The van der Waals surface area contributed by atoms with Crippen LogP contribution in [0.15, 0.2) is 30.3 Å². The minimum Gasteiger partial charge on any atom is -0.396 e. The number of nitrogens with zero attached hydrogens (tertiary/aromatic N) is 2. The minimum absolute atomic E-state index is 0.114. The molecular weight excluding hydrogens is 224 g/mol. The van der Waals surface area contributed by atoms with Crippen LogP contribution in [0.4, 0.5) is 0 Å². The first-order valence-corrected chi connectivity index (χ1v) is 6.49. The molecule has 0 aromatic heterocycles. The Balaban J connectivity index is 2.90. The predicted octanol–water partition coefficient (Wildman–Crippen LogP) is 2.73. The molecule has 0 radical (unpaired) electrons. The third-order valence-corrected chi connectivity index (χ3v) is 3.11. The maximum atomic E-state index is 9.03. The van der Waals surface area contributed by atoms with Gasteiger partial charge in [0.1, 0.15) is 0 Å². The Hall–Kier alpha value is -1.37. The number of hydrogen-bond acceptors (Lipinski definition) is 3. The van der Waals surface area contributed by atoms with Crippen LogP contribution < -0.4 is 0 Å². The first-order valence-electron chi connectivity index (χ1n) is 6.49. The van der Waals surface area contributed by atoms with E-state index >= 15 is 0 Å². The molecule has 0 fully saturated rings. The predicted molar refractivity (Wildman–Crippen MR) is 73.0 cm³/mol. The zero-order chi connectivity index (χ0) is 13.4. The van der Waals surface area contributed by atoms with Crippen molar-refractivity contribution in [1.29, 1.82) is 5.26 Å². The molecule has 0 aliphatic carbocycles. The molecule has 0 amide bonds. The Morgan fingerprint density at radius 2 is 1.94 bits per heavy atom. The lowest BCUT2D eigenvalue weighted by Crippen LogP contribution is -2.36. The lowest BCUT2D eigenvalue weighted by molar-refractivity contribution is 0.139. The smallest absolute Gasteiger partial charge is 0.0641 e. The van der Waals surface area contributed by atoms with Crippen LogP contribution in [-0.4, -0.2) is 29.2 Å². The molecule has 0 saturated carbocycles. The van der Waals surface area contributed by atoms with E-state index in [0.29, 0.717) is 12.5 Å². The summed E-state index contributed by atoms with van der Waals surface area (Å²) in [7, 11) is 0. The summed E-state index contributed by atoms with van der Waals surface area (Å²) in [6.07, 6.45) is 1.22. The molecule has 1 aromatic carbocycles. The van der Waals surface area contributed by atoms with E-state index in [1.54, 1.807) is 0 Å². The number of benzene rings is 1. The maximum absolute atomic E-state index is 9.03. The Morgan fingerprint density at radius 1 is 1.28 bits per heavy atom. The van der Waals surface area contributed by atoms with Crippen molar-refractivity contribution in [3.8, 4) is 6.07 Å². The Kier molecular flexibility index (Phi) is 6.42. The van der Waals surface area contributed by atoms with Gasteiger partial charge < -0.3 is 5.11 Å². The van der Waals surface area contributed by atoms with Crippen molar-refractivity contribution in [2.45, 2.75) is 38.8 Å². The van der Waals surface area contributed by atoms with E-state index in [2.05, 4.69) is 36.9 Å². The highest BCUT2D eigenvalue weighted by molar-refractivity contribution is 5.20. The zero-order valence-electron chi connectivity index (χ0n) is 11.2. The van der Waals surface area contributed by atoms with Gasteiger partial charge in [-0.1, -0.05) is 30.3 Å². The third-order valence-electron chi connectivity index (χ3n) is 3.11. The molecule has 1 atom stereocenters. The van der Waals surface area contributed by atoms with Gasteiger partial charge in [0.15, 0.2) is 0 Å². The van der Waals surface area contributed by atoms with E-state index in [1.807, 2.05) is 18.2 Å². The molecule has 0 spiro atoms. The van der Waals surface area contributed by atoms with Gasteiger partial charge in [0.25, 0.3) is 0 Å². The van der Waals surface area contributed by atoms with E-state index in [4.69, 9.17) is 10.4 Å². The second-order valence-electron chi connectivity index (χ2n) is 4.70. The second-order valence-corrected chi connectivity index (χ2v) is 4.70. The highest BCUT2D eigenvalue weighted by atomic mass is 16.3. The van der Waals surface area contributed by atoms with Gasteiger partial charge in [0, 0.05) is 25.2 Å². The van der Waals surface area contributed by atoms with Crippen molar-refractivity contribution in [2.75, 3.05) is 13.2 Å². The molecule has 0 heterocycles. The topological polar surface area (TPSA) is 47.3 Å². The summed E-state index contributed by atoms with van der Waals surface area (Å²) >= 11 is 0. The number of hydrogen-bond donors (Lipinski definition) is 1. The summed E-state index contributed by atoms with van der Waals surface area (Å²) in [6.45, 7) is 5.27. The lowest BCUT2D eigenvalue weighted by Gasteiger charge is -2.34. The molecule has 1 unspecified atom stereocenters. The first kappa shape index (κ1) is 14.7. The number of nitriles is 1. The largest absolute Gasteiger partial charge is 0.396 e. The van der Waals surface area contributed by atoms with Crippen LogP contribution in [0.25, 0.3) is 0 Å². The monoisotopic (exact) mass is 246 g/mol. The van der Waals surface area contributed by atoms with E-state index in [9.17, 15) is 0 Å². The standard InChI is InChI=1S/C15H22N2O/c1-13(2)17(11-6-12-18)15(9-10-16)14-7-4-3-5-8-14/h3-5,7-8,13,15,18H,6,9,11-12H2,1-2H3. The van der Waals surface area contributed by atoms with Crippen molar-refractivity contribution >= 4 is 0 Å². The Labute approximate surface area is 110 Å². The number of aliphatic hydroxyl groups is 1. The van der Waals surface area contributed by atoms with Crippen LogP contribution >= 0.6 is 0 Å².